The average Bonchev–Trinajstić information content (AvgIpc) is 2.68. The lowest BCUT2D eigenvalue weighted by Crippen LogP contribution is -2.32. The van der Waals surface area contributed by atoms with Crippen LogP contribution in [-0.4, -0.2) is 44.5 Å². The van der Waals surface area contributed by atoms with Gasteiger partial charge < -0.3 is 14.5 Å². The van der Waals surface area contributed by atoms with E-state index < -0.39 is 5.97 Å². The van der Waals surface area contributed by atoms with Gasteiger partial charge in [-0.05, 0) is 20.0 Å². The van der Waals surface area contributed by atoms with Crippen molar-refractivity contribution in [3.63, 3.8) is 0 Å². The highest BCUT2D eigenvalue weighted by atomic mass is 16.5. The standard InChI is InChI=1S/C12H18N2O4/c1-8-10(12(16)17-4)5-9(18-8)6-14(3)7-11(15)13-2/h5H,6-7H2,1-4H3,(H,13,15). The van der Waals surface area contributed by atoms with Crippen LogP contribution < -0.4 is 5.32 Å². The minimum absolute atomic E-state index is 0.0750. The summed E-state index contributed by atoms with van der Waals surface area (Å²) in [5.74, 6) is 0.648. The largest absolute Gasteiger partial charge is 0.465 e. The van der Waals surface area contributed by atoms with Gasteiger partial charge in [0.15, 0.2) is 0 Å². The normalized spacial score (nSPS) is 10.5. The molecule has 0 saturated heterocycles. The number of hydrogen-bond acceptors (Lipinski definition) is 5. The first-order valence-electron chi connectivity index (χ1n) is 5.54. The van der Waals surface area contributed by atoms with Crippen molar-refractivity contribution in [3.05, 3.63) is 23.2 Å². The lowest BCUT2D eigenvalue weighted by molar-refractivity contribution is -0.121. The monoisotopic (exact) mass is 254 g/mol. The molecule has 0 radical (unpaired) electrons. The fourth-order valence-corrected chi connectivity index (χ4v) is 1.58. The van der Waals surface area contributed by atoms with E-state index in [9.17, 15) is 9.59 Å². The maximum Gasteiger partial charge on any atom is 0.341 e. The molecular formula is C12H18N2O4. The molecule has 1 aromatic heterocycles. The van der Waals surface area contributed by atoms with Crippen LogP contribution in [0.25, 0.3) is 0 Å². The third kappa shape index (κ3) is 3.59. The van der Waals surface area contributed by atoms with Gasteiger partial charge in [0, 0.05) is 7.05 Å². The van der Waals surface area contributed by atoms with Gasteiger partial charge in [-0.15, -0.1) is 0 Å². The summed E-state index contributed by atoms with van der Waals surface area (Å²) in [5, 5.41) is 2.54. The van der Waals surface area contributed by atoms with E-state index in [0.29, 0.717) is 23.6 Å². The number of hydrogen-bond donors (Lipinski definition) is 1. The average molecular weight is 254 g/mol. The molecule has 0 atom stereocenters. The molecule has 0 unspecified atom stereocenters. The topological polar surface area (TPSA) is 71.8 Å². The highest BCUT2D eigenvalue weighted by molar-refractivity contribution is 5.90. The SMILES string of the molecule is CNC(=O)CN(C)Cc1cc(C(=O)OC)c(C)o1. The number of likely N-dealkylation sites (N-methyl/N-ethyl adjacent to an activating group) is 2. The van der Waals surface area contributed by atoms with Crippen molar-refractivity contribution >= 4 is 11.9 Å². The molecule has 1 rings (SSSR count). The van der Waals surface area contributed by atoms with Crippen molar-refractivity contribution in [2.45, 2.75) is 13.5 Å². The summed E-state index contributed by atoms with van der Waals surface area (Å²) >= 11 is 0. The summed E-state index contributed by atoms with van der Waals surface area (Å²) in [7, 11) is 4.71. The zero-order chi connectivity index (χ0) is 13.7. The molecule has 1 heterocycles. The Morgan fingerprint density at radius 3 is 2.72 bits per heavy atom. The number of nitrogens with one attached hydrogen (secondary N) is 1. The molecule has 0 spiro atoms. The second-order valence-electron chi connectivity index (χ2n) is 4.02. The second kappa shape index (κ2) is 6.20. The van der Waals surface area contributed by atoms with Gasteiger partial charge in [0.2, 0.25) is 5.91 Å². The summed E-state index contributed by atoms with van der Waals surface area (Å²) in [6.07, 6.45) is 0. The van der Waals surface area contributed by atoms with Crippen molar-refractivity contribution < 1.29 is 18.7 Å². The Morgan fingerprint density at radius 2 is 2.17 bits per heavy atom. The van der Waals surface area contributed by atoms with E-state index in [-0.39, 0.29) is 12.5 Å². The summed E-state index contributed by atoms with van der Waals surface area (Å²) in [6.45, 7) is 2.42. The van der Waals surface area contributed by atoms with Gasteiger partial charge in [-0.25, -0.2) is 4.79 Å². The van der Waals surface area contributed by atoms with Crippen LogP contribution in [0.2, 0.25) is 0 Å². The predicted molar refractivity (Wildman–Crippen MR) is 65.2 cm³/mol. The number of carbonyl (C=O) groups excluding carboxylic acids is 2. The highest BCUT2D eigenvalue weighted by Crippen LogP contribution is 2.16. The van der Waals surface area contributed by atoms with Crippen molar-refractivity contribution in [3.8, 4) is 0 Å². The maximum atomic E-state index is 11.4. The summed E-state index contributed by atoms with van der Waals surface area (Å²) in [4.78, 5) is 24.4. The van der Waals surface area contributed by atoms with E-state index in [0.717, 1.165) is 0 Å². The zero-order valence-corrected chi connectivity index (χ0v) is 11.1. The third-order valence-corrected chi connectivity index (χ3v) is 2.49. The number of amides is 1. The van der Waals surface area contributed by atoms with Crippen LogP contribution in [0.15, 0.2) is 10.5 Å². The Bertz CT molecular complexity index is 439. The summed E-state index contributed by atoms with van der Waals surface area (Å²) in [5.41, 5.74) is 0.417. The summed E-state index contributed by atoms with van der Waals surface area (Å²) < 4.78 is 10.1. The van der Waals surface area contributed by atoms with E-state index in [1.165, 1.54) is 7.11 Å². The van der Waals surface area contributed by atoms with Crippen LogP contribution in [0.3, 0.4) is 0 Å². The van der Waals surface area contributed by atoms with Crippen LogP contribution in [-0.2, 0) is 16.1 Å². The van der Waals surface area contributed by atoms with Gasteiger partial charge in [0.1, 0.15) is 17.1 Å². The Kier molecular flexibility index (Phi) is 4.91. The molecule has 0 aliphatic carbocycles. The number of rotatable bonds is 5. The Hall–Kier alpha value is -1.82. The quantitative estimate of drug-likeness (QED) is 0.777. The zero-order valence-electron chi connectivity index (χ0n) is 11.1. The lowest BCUT2D eigenvalue weighted by Gasteiger charge is -2.13. The van der Waals surface area contributed by atoms with E-state index in [2.05, 4.69) is 10.1 Å². The molecule has 1 amide bonds. The molecule has 1 N–H and O–H groups in total. The van der Waals surface area contributed by atoms with Gasteiger partial charge in [-0.1, -0.05) is 0 Å². The van der Waals surface area contributed by atoms with E-state index in [1.54, 1.807) is 32.0 Å². The van der Waals surface area contributed by atoms with Crippen molar-refractivity contribution in [1.29, 1.82) is 0 Å². The minimum Gasteiger partial charge on any atom is -0.465 e. The fraction of sp³-hybridized carbons (Fsp3) is 0.500. The number of esters is 1. The first-order valence-corrected chi connectivity index (χ1v) is 5.54. The molecular weight excluding hydrogens is 236 g/mol. The van der Waals surface area contributed by atoms with E-state index in [1.807, 2.05) is 0 Å². The summed E-state index contributed by atoms with van der Waals surface area (Å²) in [6, 6.07) is 1.64. The molecule has 0 saturated carbocycles. The molecule has 18 heavy (non-hydrogen) atoms. The predicted octanol–water partition coefficient (Wildman–Crippen LogP) is 0.552. The highest BCUT2D eigenvalue weighted by Gasteiger charge is 2.16. The minimum atomic E-state index is -0.420. The Morgan fingerprint density at radius 1 is 1.50 bits per heavy atom. The molecule has 0 aromatic carbocycles. The van der Waals surface area contributed by atoms with E-state index >= 15 is 0 Å². The van der Waals surface area contributed by atoms with Crippen molar-refractivity contribution in [1.82, 2.24) is 10.2 Å². The van der Waals surface area contributed by atoms with Crippen LogP contribution in [0.5, 0.6) is 0 Å². The second-order valence-corrected chi connectivity index (χ2v) is 4.02. The molecule has 0 aliphatic rings. The number of furan rings is 1. The third-order valence-electron chi connectivity index (χ3n) is 2.49. The molecule has 6 heteroatoms. The van der Waals surface area contributed by atoms with Gasteiger partial charge >= 0.3 is 5.97 Å². The smallest absolute Gasteiger partial charge is 0.341 e. The first-order chi connectivity index (χ1) is 8.47. The number of nitrogens with zero attached hydrogens (tertiary/aromatic N) is 1. The van der Waals surface area contributed by atoms with Crippen LogP contribution in [0.1, 0.15) is 21.9 Å². The van der Waals surface area contributed by atoms with Crippen LogP contribution >= 0.6 is 0 Å². The molecule has 0 aliphatic heterocycles. The fourth-order valence-electron chi connectivity index (χ4n) is 1.58. The Balaban J connectivity index is 2.68. The van der Waals surface area contributed by atoms with E-state index in [4.69, 9.17) is 4.42 Å². The number of aryl methyl sites for hydroxylation is 1. The maximum absolute atomic E-state index is 11.4. The lowest BCUT2D eigenvalue weighted by atomic mass is 10.2. The van der Waals surface area contributed by atoms with Crippen molar-refractivity contribution in [2.75, 3.05) is 27.7 Å². The van der Waals surface area contributed by atoms with Crippen LogP contribution in [0.4, 0.5) is 0 Å². The molecule has 6 nitrogen and oxygen atoms in total. The van der Waals surface area contributed by atoms with Gasteiger partial charge in [0.05, 0.1) is 20.2 Å². The number of ether oxygens (including phenoxy) is 1. The molecule has 100 valence electrons. The molecule has 0 bridgehead atoms. The molecule has 0 fully saturated rings. The van der Waals surface area contributed by atoms with Gasteiger partial charge in [-0.2, -0.15) is 0 Å². The Labute approximate surface area is 106 Å². The number of carbonyl (C=O) groups is 2. The number of methoxy groups -OCH3 is 1. The van der Waals surface area contributed by atoms with Crippen LogP contribution in [0, 0.1) is 6.92 Å². The van der Waals surface area contributed by atoms with Gasteiger partial charge in [-0.3, -0.25) is 9.69 Å². The van der Waals surface area contributed by atoms with Crippen molar-refractivity contribution in [2.24, 2.45) is 0 Å². The first kappa shape index (κ1) is 14.2. The van der Waals surface area contributed by atoms with Gasteiger partial charge in [0.25, 0.3) is 0 Å². The molecule has 1 aromatic rings.